The van der Waals surface area contributed by atoms with Crippen LogP contribution in [0.4, 0.5) is 5.69 Å². The monoisotopic (exact) mass is 297 g/mol. The van der Waals surface area contributed by atoms with Gasteiger partial charge in [-0.2, -0.15) is 5.10 Å². The Morgan fingerprint density at radius 2 is 2.05 bits per heavy atom. The summed E-state index contributed by atoms with van der Waals surface area (Å²) in [5.41, 5.74) is 7.41. The standard InChI is InChI=1S/C14H23N3O2S/c1-14(7-8-20(18,19)10-14)17-9-12(15)13(16-17)11-5-3-2-4-6-11/h9,11H,2-8,10,15H2,1H3. The molecule has 1 aromatic heterocycles. The molecule has 0 aromatic carbocycles. The third-order valence-corrected chi connectivity index (χ3v) is 6.69. The molecule has 3 rings (SSSR count). The smallest absolute Gasteiger partial charge is 0.152 e. The molecule has 0 radical (unpaired) electrons. The minimum atomic E-state index is -2.93. The molecule has 2 N–H and O–H groups in total. The van der Waals surface area contributed by atoms with Gasteiger partial charge in [0.25, 0.3) is 0 Å². The van der Waals surface area contributed by atoms with E-state index in [9.17, 15) is 8.42 Å². The molecule has 1 aliphatic heterocycles. The van der Waals surface area contributed by atoms with Crippen LogP contribution in [0.5, 0.6) is 0 Å². The number of rotatable bonds is 2. The molecule has 112 valence electrons. The Morgan fingerprint density at radius 1 is 1.35 bits per heavy atom. The number of sulfone groups is 1. The number of hydrogen-bond donors (Lipinski definition) is 1. The van der Waals surface area contributed by atoms with Crippen molar-refractivity contribution in [2.75, 3.05) is 17.2 Å². The van der Waals surface area contributed by atoms with Gasteiger partial charge in [0, 0.05) is 12.1 Å². The predicted molar refractivity (Wildman–Crippen MR) is 79.4 cm³/mol. The molecule has 0 spiro atoms. The Balaban J connectivity index is 1.89. The van der Waals surface area contributed by atoms with Crippen LogP contribution in [-0.2, 0) is 15.4 Å². The van der Waals surface area contributed by atoms with Crippen LogP contribution in [0.2, 0.25) is 0 Å². The van der Waals surface area contributed by atoms with E-state index in [-0.39, 0.29) is 11.5 Å². The fraction of sp³-hybridized carbons (Fsp3) is 0.786. The summed E-state index contributed by atoms with van der Waals surface area (Å²) in [5.74, 6) is 0.874. The Hall–Kier alpha value is -1.04. The average Bonchev–Trinajstić information content (AvgIpc) is 2.92. The molecule has 20 heavy (non-hydrogen) atoms. The second-order valence-electron chi connectivity index (χ2n) is 6.59. The van der Waals surface area contributed by atoms with Crippen LogP contribution in [-0.4, -0.2) is 29.7 Å². The Kier molecular flexibility index (Phi) is 3.31. The average molecular weight is 297 g/mol. The predicted octanol–water partition coefficient (Wildman–Crippen LogP) is 2.05. The van der Waals surface area contributed by atoms with E-state index in [1.807, 2.05) is 17.8 Å². The van der Waals surface area contributed by atoms with Crippen molar-refractivity contribution < 1.29 is 8.42 Å². The van der Waals surface area contributed by atoms with Gasteiger partial charge in [-0.15, -0.1) is 0 Å². The molecule has 1 saturated carbocycles. The number of nitrogens with zero attached hydrogens (tertiary/aromatic N) is 2. The van der Waals surface area contributed by atoms with Crippen molar-refractivity contribution in [2.45, 2.75) is 56.9 Å². The van der Waals surface area contributed by atoms with Crippen LogP contribution in [0.15, 0.2) is 6.20 Å². The Labute approximate surface area is 120 Å². The first-order valence-corrected chi connectivity index (χ1v) is 9.28. The van der Waals surface area contributed by atoms with Gasteiger partial charge in [0.1, 0.15) is 0 Å². The number of aromatic nitrogens is 2. The van der Waals surface area contributed by atoms with Crippen LogP contribution in [0.25, 0.3) is 0 Å². The lowest BCUT2D eigenvalue weighted by Crippen LogP contribution is -2.32. The van der Waals surface area contributed by atoms with Crippen molar-refractivity contribution in [1.29, 1.82) is 0 Å². The number of nitrogen functional groups attached to an aromatic ring is 1. The molecule has 1 unspecified atom stereocenters. The summed E-state index contributed by atoms with van der Waals surface area (Å²) in [6, 6.07) is 0. The number of nitrogens with two attached hydrogens (primary N) is 1. The fourth-order valence-electron chi connectivity index (χ4n) is 3.54. The van der Waals surface area contributed by atoms with E-state index in [0.29, 0.717) is 12.3 Å². The molecular weight excluding hydrogens is 274 g/mol. The largest absolute Gasteiger partial charge is 0.396 e. The van der Waals surface area contributed by atoms with Crippen molar-refractivity contribution in [2.24, 2.45) is 0 Å². The maximum absolute atomic E-state index is 11.7. The highest BCUT2D eigenvalue weighted by Gasteiger charge is 2.41. The van der Waals surface area contributed by atoms with E-state index >= 15 is 0 Å². The van der Waals surface area contributed by atoms with Crippen LogP contribution >= 0.6 is 0 Å². The van der Waals surface area contributed by atoms with E-state index in [2.05, 4.69) is 5.10 Å². The van der Waals surface area contributed by atoms with Gasteiger partial charge in [-0.25, -0.2) is 8.42 Å². The summed E-state index contributed by atoms with van der Waals surface area (Å²) < 4.78 is 25.3. The zero-order valence-electron chi connectivity index (χ0n) is 12.0. The zero-order chi connectivity index (χ0) is 14.4. The van der Waals surface area contributed by atoms with Gasteiger partial charge in [0.05, 0.1) is 28.4 Å². The van der Waals surface area contributed by atoms with E-state index in [4.69, 9.17) is 5.73 Å². The van der Waals surface area contributed by atoms with Gasteiger partial charge < -0.3 is 5.73 Å². The highest BCUT2D eigenvalue weighted by atomic mass is 32.2. The topological polar surface area (TPSA) is 78.0 Å². The third-order valence-electron chi connectivity index (χ3n) is 4.80. The van der Waals surface area contributed by atoms with Crippen molar-refractivity contribution in [3.8, 4) is 0 Å². The lowest BCUT2D eigenvalue weighted by molar-refractivity contribution is 0.322. The SMILES string of the molecule is CC1(n2cc(N)c(C3CCCCC3)n2)CCS(=O)(=O)C1. The zero-order valence-corrected chi connectivity index (χ0v) is 12.8. The quantitative estimate of drug-likeness (QED) is 0.906. The first-order valence-electron chi connectivity index (χ1n) is 7.46. The highest BCUT2D eigenvalue weighted by molar-refractivity contribution is 7.91. The summed E-state index contributed by atoms with van der Waals surface area (Å²) in [6.07, 6.45) is 8.54. The molecular formula is C14H23N3O2S. The summed E-state index contributed by atoms with van der Waals surface area (Å²) in [5, 5.41) is 4.68. The summed E-state index contributed by atoms with van der Waals surface area (Å²) >= 11 is 0. The molecule has 6 heteroatoms. The molecule has 1 saturated heterocycles. The molecule has 0 amide bonds. The van der Waals surface area contributed by atoms with Crippen LogP contribution in [0.3, 0.4) is 0 Å². The minimum absolute atomic E-state index is 0.172. The summed E-state index contributed by atoms with van der Waals surface area (Å²) in [6.45, 7) is 1.97. The van der Waals surface area contributed by atoms with Gasteiger partial charge in [0.2, 0.25) is 0 Å². The molecule has 1 atom stereocenters. The highest BCUT2D eigenvalue weighted by Crippen LogP contribution is 2.37. The lowest BCUT2D eigenvalue weighted by atomic mass is 9.86. The molecule has 0 bridgehead atoms. The van der Waals surface area contributed by atoms with Gasteiger partial charge >= 0.3 is 0 Å². The van der Waals surface area contributed by atoms with Crippen LogP contribution < -0.4 is 5.73 Å². The van der Waals surface area contributed by atoms with Gasteiger partial charge in [0.15, 0.2) is 9.84 Å². The van der Waals surface area contributed by atoms with Crippen LogP contribution in [0, 0.1) is 0 Å². The van der Waals surface area contributed by atoms with Gasteiger partial charge in [-0.3, -0.25) is 4.68 Å². The van der Waals surface area contributed by atoms with Crippen molar-refractivity contribution in [3.05, 3.63) is 11.9 Å². The fourth-order valence-corrected chi connectivity index (χ4v) is 5.66. The van der Waals surface area contributed by atoms with Gasteiger partial charge in [-0.1, -0.05) is 19.3 Å². The van der Waals surface area contributed by atoms with E-state index in [1.54, 1.807) is 0 Å². The molecule has 2 aliphatic rings. The molecule has 2 heterocycles. The van der Waals surface area contributed by atoms with E-state index < -0.39 is 15.4 Å². The van der Waals surface area contributed by atoms with Crippen molar-refractivity contribution >= 4 is 15.5 Å². The first-order chi connectivity index (χ1) is 9.40. The van der Waals surface area contributed by atoms with E-state index in [0.717, 1.165) is 24.2 Å². The molecule has 5 nitrogen and oxygen atoms in total. The first kappa shape index (κ1) is 13.9. The normalized spacial score (nSPS) is 30.6. The van der Waals surface area contributed by atoms with Crippen molar-refractivity contribution in [3.63, 3.8) is 0 Å². The Morgan fingerprint density at radius 3 is 2.65 bits per heavy atom. The number of hydrogen-bond acceptors (Lipinski definition) is 4. The van der Waals surface area contributed by atoms with Gasteiger partial charge in [-0.05, 0) is 26.2 Å². The molecule has 2 fully saturated rings. The Bertz CT molecular complexity index is 602. The maximum Gasteiger partial charge on any atom is 0.152 e. The second kappa shape index (κ2) is 4.76. The van der Waals surface area contributed by atoms with E-state index in [1.165, 1.54) is 19.3 Å². The minimum Gasteiger partial charge on any atom is -0.396 e. The summed E-state index contributed by atoms with van der Waals surface area (Å²) in [7, 11) is -2.93. The second-order valence-corrected chi connectivity index (χ2v) is 8.77. The van der Waals surface area contributed by atoms with Crippen LogP contribution in [0.1, 0.15) is 57.1 Å². The maximum atomic E-state index is 11.7. The molecule has 1 aliphatic carbocycles. The molecule has 1 aromatic rings. The lowest BCUT2D eigenvalue weighted by Gasteiger charge is -2.23. The van der Waals surface area contributed by atoms with Crippen molar-refractivity contribution in [1.82, 2.24) is 9.78 Å². The number of anilines is 1. The third kappa shape index (κ3) is 2.45. The summed E-state index contributed by atoms with van der Waals surface area (Å²) in [4.78, 5) is 0.